The molecule has 1 aromatic rings. The number of nitrogens with one attached hydrogen (secondary N) is 1. The largest absolute Gasteiger partial charge is 0.316 e. The van der Waals surface area contributed by atoms with E-state index >= 15 is 0 Å². The number of nitrogens with zero attached hydrogens (tertiary/aromatic N) is 1. The van der Waals surface area contributed by atoms with Crippen molar-refractivity contribution >= 4 is 23.4 Å². The van der Waals surface area contributed by atoms with E-state index in [9.17, 15) is 9.59 Å². The first-order valence-electron chi connectivity index (χ1n) is 7.97. The highest BCUT2D eigenvalue weighted by atomic mass is 35.5. The molecule has 0 radical (unpaired) electrons. The lowest BCUT2D eigenvalue weighted by Gasteiger charge is -2.20. The molecule has 1 saturated heterocycles. The summed E-state index contributed by atoms with van der Waals surface area (Å²) in [6.07, 6.45) is 3.90. The van der Waals surface area contributed by atoms with Crippen molar-refractivity contribution in [1.29, 1.82) is 0 Å². The minimum atomic E-state index is -0.0513. The molecule has 1 N–H and O–H groups in total. The van der Waals surface area contributed by atoms with Crippen LogP contribution in [0.4, 0.5) is 0 Å². The second-order valence-corrected chi connectivity index (χ2v) is 6.96. The van der Waals surface area contributed by atoms with E-state index < -0.39 is 0 Å². The van der Waals surface area contributed by atoms with E-state index in [1.807, 2.05) is 31.3 Å². The predicted octanol–water partition coefficient (Wildman–Crippen LogP) is 1.49. The standard InChI is InChI=1S/C17H21ClN2O2/c1-19(10-12-6-8-13(18)9-7-12)11-20-16(21)14-4-2-3-5-15(14)17(20)22/h6-9,14-15H,2-5,10-11H2,1H3/p+1/t14-,15+. The summed E-state index contributed by atoms with van der Waals surface area (Å²) in [5.41, 5.74) is 1.15. The fourth-order valence-corrected chi connectivity index (χ4v) is 3.79. The van der Waals surface area contributed by atoms with Crippen molar-refractivity contribution in [3.8, 4) is 0 Å². The lowest BCUT2D eigenvalue weighted by molar-refractivity contribution is -0.901. The van der Waals surface area contributed by atoms with Gasteiger partial charge in [-0.2, -0.15) is 0 Å². The quantitative estimate of drug-likeness (QED) is 0.854. The summed E-state index contributed by atoms with van der Waals surface area (Å²) in [4.78, 5) is 27.5. The summed E-state index contributed by atoms with van der Waals surface area (Å²) >= 11 is 5.89. The van der Waals surface area contributed by atoms with Gasteiger partial charge in [-0.25, -0.2) is 4.90 Å². The van der Waals surface area contributed by atoms with Crippen LogP contribution in [0.3, 0.4) is 0 Å². The van der Waals surface area contributed by atoms with E-state index in [2.05, 4.69) is 0 Å². The summed E-state index contributed by atoms with van der Waals surface area (Å²) in [5.74, 6) is -0.00974. The van der Waals surface area contributed by atoms with Crippen molar-refractivity contribution in [2.24, 2.45) is 11.8 Å². The van der Waals surface area contributed by atoms with Crippen LogP contribution in [0.1, 0.15) is 31.2 Å². The number of fused-ring (bicyclic) bond motifs is 1. The van der Waals surface area contributed by atoms with Gasteiger partial charge in [0, 0.05) is 10.6 Å². The summed E-state index contributed by atoms with van der Waals surface area (Å²) in [7, 11) is 2.01. The third-order valence-corrected chi connectivity index (χ3v) is 5.03. The monoisotopic (exact) mass is 321 g/mol. The van der Waals surface area contributed by atoms with Gasteiger partial charge in [0.05, 0.1) is 18.9 Å². The Morgan fingerprint density at radius 2 is 1.64 bits per heavy atom. The minimum Gasteiger partial charge on any atom is -0.316 e. The van der Waals surface area contributed by atoms with Crippen LogP contribution in [0.5, 0.6) is 0 Å². The number of hydrogen-bond acceptors (Lipinski definition) is 2. The van der Waals surface area contributed by atoms with Gasteiger partial charge in [0.15, 0.2) is 6.67 Å². The van der Waals surface area contributed by atoms with E-state index in [0.29, 0.717) is 6.67 Å². The number of likely N-dealkylation sites (tertiary alicyclic amines) is 1. The molecule has 5 heteroatoms. The van der Waals surface area contributed by atoms with E-state index in [0.717, 1.165) is 47.7 Å². The molecule has 3 atom stereocenters. The lowest BCUT2D eigenvalue weighted by Crippen LogP contribution is -3.09. The van der Waals surface area contributed by atoms with Gasteiger partial charge in [0.1, 0.15) is 6.54 Å². The fourth-order valence-electron chi connectivity index (χ4n) is 3.66. The zero-order valence-electron chi connectivity index (χ0n) is 12.8. The molecule has 1 aliphatic carbocycles. The van der Waals surface area contributed by atoms with Crippen LogP contribution in [-0.2, 0) is 16.1 Å². The van der Waals surface area contributed by atoms with Crippen molar-refractivity contribution < 1.29 is 14.5 Å². The van der Waals surface area contributed by atoms with Crippen LogP contribution >= 0.6 is 11.6 Å². The summed E-state index contributed by atoms with van der Waals surface area (Å²) in [6.45, 7) is 1.22. The molecule has 0 spiro atoms. The highest BCUT2D eigenvalue weighted by Gasteiger charge is 2.48. The number of halogens is 1. The molecular formula is C17H22ClN2O2+. The molecule has 1 saturated carbocycles. The van der Waals surface area contributed by atoms with E-state index in [-0.39, 0.29) is 23.7 Å². The summed E-state index contributed by atoms with van der Waals surface area (Å²) in [5, 5.41) is 0.718. The number of rotatable bonds is 4. The highest BCUT2D eigenvalue weighted by Crippen LogP contribution is 2.37. The molecule has 2 fully saturated rings. The van der Waals surface area contributed by atoms with E-state index in [4.69, 9.17) is 11.6 Å². The van der Waals surface area contributed by atoms with Crippen LogP contribution in [-0.4, -0.2) is 30.4 Å². The van der Waals surface area contributed by atoms with Gasteiger partial charge in [-0.3, -0.25) is 9.59 Å². The van der Waals surface area contributed by atoms with Gasteiger partial charge in [-0.1, -0.05) is 36.6 Å². The zero-order valence-corrected chi connectivity index (χ0v) is 13.6. The second kappa shape index (κ2) is 6.39. The molecule has 0 aromatic heterocycles. The topological polar surface area (TPSA) is 41.8 Å². The Morgan fingerprint density at radius 3 is 2.18 bits per heavy atom. The van der Waals surface area contributed by atoms with Gasteiger partial charge in [-0.05, 0) is 25.0 Å². The number of benzene rings is 1. The van der Waals surface area contributed by atoms with Crippen LogP contribution < -0.4 is 4.90 Å². The molecule has 3 rings (SSSR count). The summed E-state index contributed by atoms with van der Waals surface area (Å²) in [6, 6.07) is 7.70. The first-order chi connectivity index (χ1) is 10.6. The van der Waals surface area contributed by atoms with Gasteiger partial charge in [0.2, 0.25) is 11.8 Å². The third-order valence-electron chi connectivity index (χ3n) is 4.78. The third kappa shape index (κ3) is 3.03. The molecule has 22 heavy (non-hydrogen) atoms. The van der Waals surface area contributed by atoms with Gasteiger partial charge in [-0.15, -0.1) is 0 Å². The molecule has 2 aliphatic rings. The SMILES string of the molecule is C[NH+](Cc1ccc(Cl)cc1)CN1C(=O)[C@H]2CCCC[C@H]2C1=O. The Morgan fingerprint density at radius 1 is 1.09 bits per heavy atom. The molecule has 1 heterocycles. The van der Waals surface area contributed by atoms with Crippen LogP contribution in [0, 0.1) is 11.8 Å². The number of amides is 2. The lowest BCUT2D eigenvalue weighted by atomic mass is 9.81. The molecular weight excluding hydrogens is 300 g/mol. The fraction of sp³-hybridized carbons (Fsp3) is 0.529. The van der Waals surface area contributed by atoms with Crippen molar-refractivity contribution in [2.75, 3.05) is 13.7 Å². The van der Waals surface area contributed by atoms with Gasteiger partial charge in [0.25, 0.3) is 0 Å². The van der Waals surface area contributed by atoms with E-state index in [1.165, 1.54) is 4.90 Å². The maximum absolute atomic E-state index is 12.5. The van der Waals surface area contributed by atoms with Crippen molar-refractivity contribution in [3.05, 3.63) is 34.9 Å². The Hall–Kier alpha value is -1.39. The van der Waals surface area contributed by atoms with Crippen LogP contribution in [0.2, 0.25) is 5.02 Å². The summed E-state index contributed by atoms with van der Waals surface area (Å²) < 4.78 is 0. The molecule has 118 valence electrons. The van der Waals surface area contributed by atoms with Crippen molar-refractivity contribution in [2.45, 2.75) is 32.2 Å². The normalized spacial score (nSPS) is 26.2. The van der Waals surface area contributed by atoms with E-state index in [1.54, 1.807) is 0 Å². The average Bonchev–Trinajstić information content (AvgIpc) is 2.75. The highest BCUT2D eigenvalue weighted by molar-refractivity contribution is 6.30. The molecule has 1 unspecified atom stereocenters. The number of quaternary nitrogens is 1. The zero-order chi connectivity index (χ0) is 15.7. The minimum absolute atomic E-state index is 0.0464. The average molecular weight is 322 g/mol. The van der Waals surface area contributed by atoms with Gasteiger partial charge < -0.3 is 4.90 Å². The molecule has 1 aromatic carbocycles. The molecule has 2 amide bonds. The number of carbonyl (C=O) groups excluding carboxylic acids is 2. The molecule has 0 bridgehead atoms. The maximum atomic E-state index is 12.5. The van der Waals surface area contributed by atoms with Crippen molar-refractivity contribution in [3.63, 3.8) is 0 Å². The Bertz CT molecular complexity index is 549. The Kier molecular flexibility index (Phi) is 4.50. The first-order valence-corrected chi connectivity index (χ1v) is 8.35. The number of imide groups is 1. The predicted molar refractivity (Wildman–Crippen MR) is 84.2 cm³/mol. The van der Waals surface area contributed by atoms with Gasteiger partial charge >= 0.3 is 0 Å². The number of carbonyl (C=O) groups is 2. The first kappa shape index (κ1) is 15.5. The smallest absolute Gasteiger partial charge is 0.237 e. The molecule has 4 nitrogen and oxygen atoms in total. The Labute approximate surface area is 136 Å². The van der Waals surface area contributed by atoms with Crippen LogP contribution in [0.25, 0.3) is 0 Å². The van der Waals surface area contributed by atoms with Crippen molar-refractivity contribution in [1.82, 2.24) is 4.90 Å². The Balaban J connectivity index is 1.63. The maximum Gasteiger partial charge on any atom is 0.237 e. The number of hydrogen-bond donors (Lipinski definition) is 1. The van der Waals surface area contributed by atoms with Crippen LogP contribution in [0.15, 0.2) is 24.3 Å². The second-order valence-electron chi connectivity index (χ2n) is 6.52. The molecule has 1 aliphatic heterocycles.